The van der Waals surface area contributed by atoms with Crippen LogP contribution in [0.1, 0.15) is 33.2 Å². The molecule has 0 aliphatic rings. The fraction of sp³-hybridized carbons (Fsp3) is 0.700. The molecule has 6 heteroatoms. The van der Waals surface area contributed by atoms with Crippen LogP contribution in [0, 0.1) is 0 Å². The monoisotopic (exact) mass is 235 g/mol. The van der Waals surface area contributed by atoms with E-state index in [4.69, 9.17) is 0 Å². The lowest BCUT2D eigenvalue weighted by molar-refractivity contribution is -0.136. The Morgan fingerprint density at radius 3 is 2.44 bits per heavy atom. The van der Waals surface area contributed by atoms with Crippen LogP contribution >= 0.6 is 0 Å². The van der Waals surface area contributed by atoms with Gasteiger partial charge in [-0.05, 0) is 20.8 Å². The van der Waals surface area contributed by atoms with E-state index in [1.54, 1.807) is 10.9 Å². The molecule has 1 aromatic heterocycles. The van der Waals surface area contributed by atoms with E-state index in [0.29, 0.717) is 5.69 Å². The molecule has 1 rings (SSSR count). The molecule has 0 aliphatic carbocycles. The topological polar surface area (TPSA) is 29.9 Å². The van der Waals surface area contributed by atoms with Gasteiger partial charge in [0, 0.05) is 18.3 Å². The second-order valence-electron chi connectivity index (χ2n) is 4.17. The summed E-state index contributed by atoms with van der Waals surface area (Å²) in [6.07, 6.45) is -1.75. The highest BCUT2D eigenvalue weighted by Gasteiger charge is 2.29. The summed E-state index contributed by atoms with van der Waals surface area (Å²) in [5, 5.41) is 6.81. The molecule has 1 N–H and O–H groups in total. The molecule has 16 heavy (non-hydrogen) atoms. The number of alkyl halides is 3. The molecule has 92 valence electrons. The summed E-state index contributed by atoms with van der Waals surface area (Å²) < 4.78 is 37.9. The molecular weight excluding hydrogens is 219 g/mol. The van der Waals surface area contributed by atoms with Crippen LogP contribution in [0.2, 0.25) is 0 Å². The molecule has 0 fully saturated rings. The van der Waals surface area contributed by atoms with E-state index in [-0.39, 0.29) is 6.04 Å². The number of rotatable bonds is 4. The number of nitrogens with one attached hydrogen (secondary N) is 1. The van der Waals surface area contributed by atoms with Gasteiger partial charge < -0.3 is 5.32 Å². The molecule has 1 aromatic rings. The third kappa shape index (κ3) is 4.12. The fourth-order valence-corrected chi connectivity index (χ4v) is 1.38. The van der Waals surface area contributed by atoms with Crippen molar-refractivity contribution in [3.8, 4) is 0 Å². The predicted octanol–water partition coefficient (Wildman–Crippen LogP) is 3.22. The first-order valence-corrected chi connectivity index (χ1v) is 5.15. The van der Waals surface area contributed by atoms with Gasteiger partial charge >= 0.3 is 6.18 Å². The van der Waals surface area contributed by atoms with Crippen LogP contribution in [-0.2, 0) is 0 Å². The Bertz CT molecular complexity index is 330. The Balaban J connectivity index is 2.53. The lowest BCUT2D eigenvalue weighted by Gasteiger charge is -2.15. The Morgan fingerprint density at radius 1 is 1.38 bits per heavy atom. The molecule has 1 unspecified atom stereocenters. The summed E-state index contributed by atoms with van der Waals surface area (Å²) >= 11 is 0. The van der Waals surface area contributed by atoms with E-state index in [1.165, 1.54) is 13.1 Å². The Hall–Kier alpha value is -1.20. The molecule has 1 atom stereocenters. The maximum absolute atomic E-state index is 12.1. The number of aromatic nitrogens is 2. The number of halogens is 3. The minimum atomic E-state index is -4.14. The molecular formula is C10H16F3N3. The fourth-order valence-electron chi connectivity index (χ4n) is 1.38. The second-order valence-corrected chi connectivity index (χ2v) is 4.17. The number of hydrogen-bond donors (Lipinski definition) is 1. The van der Waals surface area contributed by atoms with Gasteiger partial charge in [0.1, 0.15) is 0 Å². The van der Waals surface area contributed by atoms with Gasteiger partial charge in [-0.25, -0.2) is 0 Å². The smallest absolute Gasteiger partial charge is 0.380 e. The van der Waals surface area contributed by atoms with E-state index in [2.05, 4.69) is 10.4 Å². The van der Waals surface area contributed by atoms with Crippen LogP contribution in [0.25, 0.3) is 0 Å². The Kier molecular flexibility index (Phi) is 3.83. The van der Waals surface area contributed by atoms with E-state index in [9.17, 15) is 13.2 Å². The standard InChI is InChI=1S/C10H16F3N3/c1-7(2)16-6-9(5-14-16)15-8(3)4-10(11,12)13/h5-8,15H,4H2,1-3H3. The van der Waals surface area contributed by atoms with E-state index in [0.717, 1.165) is 0 Å². The van der Waals surface area contributed by atoms with Crippen molar-refractivity contribution < 1.29 is 13.2 Å². The molecule has 0 saturated carbocycles. The molecule has 0 aromatic carbocycles. The van der Waals surface area contributed by atoms with Crippen LogP contribution < -0.4 is 5.32 Å². The van der Waals surface area contributed by atoms with Crippen molar-refractivity contribution in [3.05, 3.63) is 12.4 Å². The van der Waals surface area contributed by atoms with Crippen LogP contribution in [0.4, 0.5) is 18.9 Å². The molecule has 0 saturated heterocycles. The van der Waals surface area contributed by atoms with Crippen LogP contribution in [0.5, 0.6) is 0 Å². The van der Waals surface area contributed by atoms with Gasteiger partial charge in [0.25, 0.3) is 0 Å². The van der Waals surface area contributed by atoms with Crippen LogP contribution in [0.15, 0.2) is 12.4 Å². The molecule has 3 nitrogen and oxygen atoms in total. The van der Waals surface area contributed by atoms with Gasteiger partial charge in [-0.15, -0.1) is 0 Å². The third-order valence-corrected chi connectivity index (χ3v) is 2.08. The zero-order valence-corrected chi connectivity index (χ0v) is 9.54. The average molecular weight is 235 g/mol. The average Bonchev–Trinajstić information content (AvgIpc) is 2.48. The minimum absolute atomic E-state index is 0.202. The van der Waals surface area contributed by atoms with Crippen molar-refractivity contribution in [1.82, 2.24) is 9.78 Å². The SMILES string of the molecule is CC(CC(F)(F)F)Nc1cnn(C(C)C)c1. The molecule has 0 radical (unpaired) electrons. The summed E-state index contributed by atoms with van der Waals surface area (Å²) in [7, 11) is 0. The highest BCUT2D eigenvalue weighted by atomic mass is 19.4. The molecule has 0 spiro atoms. The van der Waals surface area contributed by atoms with E-state index in [1.807, 2.05) is 13.8 Å². The first-order chi connectivity index (χ1) is 7.28. The van der Waals surface area contributed by atoms with Crippen molar-refractivity contribution in [2.24, 2.45) is 0 Å². The summed E-state index contributed by atoms with van der Waals surface area (Å²) in [5.41, 5.74) is 0.616. The first-order valence-electron chi connectivity index (χ1n) is 5.15. The predicted molar refractivity (Wildman–Crippen MR) is 56.4 cm³/mol. The quantitative estimate of drug-likeness (QED) is 0.868. The highest BCUT2D eigenvalue weighted by Crippen LogP contribution is 2.23. The van der Waals surface area contributed by atoms with Gasteiger partial charge in [-0.2, -0.15) is 18.3 Å². The van der Waals surface area contributed by atoms with Gasteiger partial charge in [0.15, 0.2) is 0 Å². The number of anilines is 1. The van der Waals surface area contributed by atoms with Crippen molar-refractivity contribution in [2.75, 3.05) is 5.32 Å². The lowest BCUT2D eigenvalue weighted by atomic mass is 10.2. The van der Waals surface area contributed by atoms with Crippen molar-refractivity contribution in [2.45, 2.75) is 45.5 Å². The van der Waals surface area contributed by atoms with E-state index < -0.39 is 18.6 Å². The van der Waals surface area contributed by atoms with Crippen molar-refractivity contribution in [3.63, 3.8) is 0 Å². The lowest BCUT2D eigenvalue weighted by Crippen LogP contribution is -2.23. The van der Waals surface area contributed by atoms with Crippen LogP contribution in [-0.4, -0.2) is 22.0 Å². The zero-order valence-electron chi connectivity index (χ0n) is 9.54. The maximum atomic E-state index is 12.1. The van der Waals surface area contributed by atoms with Gasteiger partial charge in [0.2, 0.25) is 0 Å². The van der Waals surface area contributed by atoms with Crippen LogP contribution in [0.3, 0.4) is 0 Å². The Labute approximate surface area is 92.6 Å². The molecule has 0 amide bonds. The maximum Gasteiger partial charge on any atom is 0.391 e. The molecule has 1 heterocycles. The summed E-state index contributed by atoms with van der Waals surface area (Å²) in [5.74, 6) is 0. The zero-order chi connectivity index (χ0) is 12.3. The number of nitrogens with zero attached hydrogens (tertiary/aromatic N) is 2. The normalized spacial score (nSPS) is 14.2. The van der Waals surface area contributed by atoms with Crippen molar-refractivity contribution in [1.29, 1.82) is 0 Å². The summed E-state index contributed by atoms with van der Waals surface area (Å²) in [6, 6.07) is -0.446. The van der Waals surface area contributed by atoms with E-state index >= 15 is 0 Å². The first kappa shape index (κ1) is 12.9. The largest absolute Gasteiger partial charge is 0.391 e. The van der Waals surface area contributed by atoms with Gasteiger partial charge in [0.05, 0.1) is 18.3 Å². The number of hydrogen-bond acceptors (Lipinski definition) is 2. The molecule has 0 aliphatic heterocycles. The Morgan fingerprint density at radius 2 is 2.00 bits per heavy atom. The van der Waals surface area contributed by atoms with Crippen molar-refractivity contribution >= 4 is 5.69 Å². The minimum Gasteiger partial charge on any atom is -0.380 e. The second kappa shape index (κ2) is 4.76. The van der Waals surface area contributed by atoms with Gasteiger partial charge in [-0.3, -0.25) is 4.68 Å². The summed E-state index contributed by atoms with van der Waals surface area (Å²) in [6.45, 7) is 5.41. The highest BCUT2D eigenvalue weighted by molar-refractivity contribution is 5.39. The third-order valence-electron chi connectivity index (χ3n) is 2.08. The molecule has 0 bridgehead atoms. The summed E-state index contributed by atoms with van der Waals surface area (Å²) in [4.78, 5) is 0. The van der Waals surface area contributed by atoms with Gasteiger partial charge in [-0.1, -0.05) is 0 Å².